The zero-order valence-corrected chi connectivity index (χ0v) is 24.1. The molecule has 1 unspecified atom stereocenters. The van der Waals surface area contributed by atoms with Crippen molar-refractivity contribution in [1.29, 1.82) is 0 Å². The van der Waals surface area contributed by atoms with Gasteiger partial charge in [-0.2, -0.15) is 0 Å². The Morgan fingerprint density at radius 2 is 1.68 bits per heavy atom. The maximum absolute atomic E-state index is 13.8. The van der Waals surface area contributed by atoms with E-state index >= 15 is 0 Å². The van der Waals surface area contributed by atoms with Gasteiger partial charge in [-0.25, -0.2) is 8.42 Å². The Kier molecular flexibility index (Phi) is 9.89. The first-order valence-electron chi connectivity index (χ1n) is 12.5. The molecular weight excluding hydrogens is 533 g/mol. The molecule has 0 aromatic heterocycles. The highest BCUT2D eigenvalue weighted by Crippen LogP contribution is 2.28. The summed E-state index contributed by atoms with van der Waals surface area (Å²) in [6.45, 7) is 4.78. The summed E-state index contributed by atoms with van der Waals surface area (Å²) >= 11 is 12.8. The van der Waals surface area contributed by atoms with Crippen molar-refractivity contribution in [3.63, 3.8) is 0 Å². The molecule has 1 N–H and O–H groups in total. The van der Waals surface area contributed by atoms with Crippen molar-refractivity contribution < 1.29 is 18.0 Å². The summed E-state index contributed by atoms with van der Waals surface area (Å²) in [7, 11) is -3.81. The van der Waals surface area contributed by atoms with Crippen molar-refractivity contribution in [3.05, 3.63) is 63.1 Å². The summed E-state index contributed by atoms with van der Waals surface area (Å²) < 4.78 is 26.7. The highest BCUT2D eigenvalue weighted by Gasteiger charge is 2.32. The van der Waals surface area contributed by atoms with Crippen molar-refractivity contribution in [3.8, 4) is 0 Å². The molecule has 2 aromatic carbocycles. The Hall–Kier alpha value is -2.29. The molecule has 2 amide bonds. The minimum atomic E-state index is -3.81. The van der Waals surface area contributed by atoms with Gasteiger partial charge in [-0.3, -0.25) is 13.9 Å². The van der Waals surface area contributed by atoms with Crippen molar-refractivity contribution in [2.75, 3.05) is 17.1 Å². The number of anilines is 1. The molecule has 0 aliphatic heterocycles. The molecule has 0 spiro atoms. The lowest BCUT2D eigenvalue weighted by Gasteiger charge is -2.33. The lowest BCUT2D eigenvalue weighted by molar-refractivity contribution is -0.139. The lowest BCUT2D eigenvalue weighted by Crippen LogP contribution is -2.53. The van der Waals surface area contributed by atoms with Crippen molar-refractivity contribution in [1.82, 2.24) is 10.2 Å². The smallest absolute Gasteiger partial charge is 0.244 e. The third-order valence-electron chi connectivity index (χ3n) is 6.82. The Bertz CT molecular complexity index is 1230. The van der Waals surface area contributed by atoms with E-state index in [2.05, 4.69) is 5.32 Å². The zero-order valence-electron chi connectivity index (χ0n) is 21.8. The number of sulfonamides is 1. The van der Waals surface area contributed by atoms with E-state index in [1.807, 2.05) is 19.1 Å². The first kappa shape index (κ1) is 29.3. The fourth-order valence-corrected chi connectivity index (χ4v) is 6.00. The number of carbonyl (C=O) groups is 2. The first-order chi connectivity index (χ1) is 17.4. The quantitative estimate of drug-likeness (QED) is 0.448. The maximum atomic E-state index is 13.8. The van der Waals surface area contributed by atoms with Gasteiger partial charge >= 0.3 is 0 Å². The van der Waals surface area contributed by atoms with Gasteiger partial charge in [0.15, 0.2) is 0 Å². The van der Waals surface area contributed by atoms with E-state index in [4.69, 9.17) is 23.2 Å². The van der Waals surface area contributed by atoms with E-state index < -0.39 is 28.5 Å². The molecule has 3 rings (SSSR count). The normalized spacial score (nSPS) is 15.2. The van der Waals surface area contributed by atoms with Crippen LogP contribution in [0, 0.1) is 13.8 Å². The number of nitrogens with zero attached hydrogens (tertiary/aromatic N) is 2. The summed E-state index contributed by atoms with van der Waals surface area (Å²) in [6.07, 6.45) is 6.12. The van der Waals surface area contributed by atoms with Crippen LogP contribution in [0.4, 0.5) is 5.69 Å². The molecule has 1 atom stereocenters. The summed E-state index contributed by atoms with van der Waals surface area (Å²) in [5.74, 6) is -0.824. The molecule has 1 aliphatic rings. The molecule has 202 valence electrons. The topological polar surface area (TPSA) is 86.8 Å². The van der Waals surface area contributed by atoms with Crippen LogP contribution in [-0.4, -0.2) is 50.0 Å². The fraction of sp³-hybridized carbons (Fsp3) is 0.481. The fourth-order valence-electron chi connectivity index (χ4n) is 4.59. The van der Waals surface area contributed by atoms with Gasteiger partial charge in [0.1, 0.15) is 12.6 Å². The Labute approximate surface area is 230 Å². The van der Waals surface area contributed by atoms with Gasteiger partial charge in [0.2, 0.25) is 21.8 Å². The third kappa shape index (κ3) is 7.62. The average molecular weight is 569 g/mol. The largest absolute Gasteiger partial charge is 0.352 e. The van der Waals surface area contributed by atoms with Gasteiger partial charge in [-0.1, -0.05) is 60.7 Å². The average Bonchev–Trinajstić information content (AvgIpc) is 2.83. The van der Waals surface area contributed by atoms with E-state index in [0.29, 0.717) is 26.9 Å². The van der Waals surface area contributed by atoms with Crippen molar-refractivity contribution >= 4 is 50.7 Å². The number of hydrogen-bond donors (Lipinski definition) is 1. The van der Waals surface area contributed by atoms with Gasteiger partial charge < -0.3 is 10.2 Å². The van der Waals surface area contributed by atoms with Gasteiger partial charge in [0.25, 0.3) is 0 Å². The van der Waals surface area contributed by atoms with E-state index in [0.717, 1.165) is 48.2 Å². The Balaban J connectivity index is 1.95. The highest BCUT2D eigenvalue weighted by atomic mass is 35.5. The van der Waals surface area contributed by atoms with E-state index in [1.54, 1.807) is 38.1 Å². The minimum Gasteiger partial charge on any atom is -0.352 e. The number of benzene rings is 2. The van der Waals surface area contributed by atoms with Crippen molar-refractivity contribution in [2.45, 2.75) is 71.5 Å². The second-order valence-corrected chi connectivity index (χ2v) is 12.5. The monoisotopic (exact) mass is 567 g/mol. The van der Waals surface area contributed by atoms with Crippen LogP contribution in [0.1, 0.15) is 55.7 Å². The molecule has 7 nitrogen and oxygen atoms in total. The maximum Gasteiger partial charge on any atom is 0.244 e. The van der Waals surface area contributed by atoms with Crippen LogP contribution >= 0.6 is 23.2 Å². The number of halogens is 2. The number of aryl methyl sites for hydroxylation is 2. The van der Waals surface area contributed by atoms with Crippen LogP contribution in [0.25, 0.3) is 0 Å². The molecule has 0 bridgehead atoms. The highest BCUT2D eigenvalue weighted by molar-refractivity contribution is 7.92. The molecule has 0 saturated heterocycles. The summed E-state index contributed by atoms with van der Waals surface area (Å²) in [5, 5.41) is 3.79. The second-order valence-electron chi connectivity index (χ2n) is 9.80. The van der Waals surface area contributed by atoms with Gasteiger partial charge in [-0.15, -0.1) is 0 Å². The summed E-state index contributed by atoms with van der Waals surface area (Å²) in [5.41, 5.74) is 2.49. The molecule has 0 heterocycles. The van der Waals surface area contributed by atoms with Crippen LogP contribution in [0.3, 0.4) is 0 Å². The van der Waals surface area contributed by atoms with Crippen molar-refractivity contribution in [2.24, 2.45) is 0 Å². The SMILES string of the molecule is Cc1ccc(C)c(N(CC(=O)N(Cc2c(Cl)cccc2Cl)C(C)C(=O)NC2CCCCC2)S(C)(=O)=O)c1. The lowest BCUT2D eigenvalue weighted by atomic mass is 9.95. The number of rotatable bonds is 9. The predicted molar refractivity (Wildman–Crippen MR) is 150 cm³/mol. The first-order valence-corrected chi connectivity index (χ1v) is 15.1. The number of hydrogen-bond acceptors (Lipinski definition) is 4. The summed E-state index contributed by atoms with van der Waals surface area (Å²) in [6, 6.07) is 9.64. The number of carbonyl (C=O) groups excluding carboxylic acids is 2. The molecule has 1 aliphatic carbocycles. The molecular formula is C27H35Cl2N3O4S. The number of nitrogens with one attached hydrogen (secondary N) is 1. The predicted octanol–water partition coefficient (Wildman–Crippen LogP) is 5.24. The second kappa shape index (κ2) is 12.5. The van der Waals surface area contributed by atoms with Crippen LogP contribution in [0.5, 0.6) is 0 Å². The van der Waals surface area contributed by atoms with Crippen LogP contribution in [0.15, 0.2) is 36.4 Å². The van der Waals surface area contributed by atoms with Gasteiger partial charge in [0.05, 0.1) is 11.9 Å². The van der Waals surface area contributed by atoms with Gasteiger partial charge in [-0.05, 0) is 62.9 Å². The Morgan fingerprint density at radius 3 is 2.27 bits per heavy atom. The van der Waals surface area contributed by atoms with Gasteiger partial charge in [0, 0.05) is 28.2 Å². The minimum absolute atomic E-state index is 0.0407. The van der Waals surface area contributed by atoms with E-state index in [9.17, 15) is 18.0 Å². The van der Waals surface area contributed by atoms with Crippen LogP contribution < -0.4 is 9.62 Å². The van der Waals surface area contributed by atoms with E-state index in [1.165, 1.54) is 4.90 Å². The summed E-state index contributed by atoms with van der Waals surface area (Å²) in [4.78, 5) is 28.4. The molecule has 1 saturated carbocycles. The number of amides is 2. The molecule has 1 fully saturated rings. The standard InChI is InChI=1S/C27H35Cl2N3O4S/c1-18-13-14-19(2)25(15-18)32(37(4,35)36)17-26(33)31(16-22-23(28)11-8-12-24(22)29)20(3)27(34)30-21-9-6-5-7-10-21/h8,11-15,20-21H,5-7,9-10,16-17H2,1-4H3,(H,30,34). The Morgan fingerprint density at radius 1 is 1.05 bits per heavy atom. The van der Waals surface area contributed by atoms with Crippen LogP contribution in [0.2, 0.25) is 10.0 Å². The van der Waals surface area contributed by atoms with Crippen LogP contribution in [-0.2, 0) is 26.2 Å². The van der Waals surface area contributed by atoms with E-state index in [-0.39, 0.29) is 18.5 Å². The molecule has 37 heavy (non-hydrogen) atoms. The zero-order chi connectivity index (χ0) is 27.3. The molecule has 2 aromatic rings. The third-order valence-corrected chi connectivity index (χ3v) is 8.66. The molecule has 0 radical (unpaired) electrons. The molecule has 10 heteroatoms.